The van der Waals surface area contributed by atoms with Crippen molar-refractivity contribution < 1.29 is 9.90 Å². The standard InChI is InChI=1S/C21H23NO2.C4H5NS/c23-13-18-11-16(21-4-2-1-3-20(21)15-5-6-15)7-8-19(18)17-9-10-22(12-17)14-24;1-4-2-6-3-5-4/h1-4,7-8,11,14-15,17,23H,5-6,9-10,12-13H2;2-3H,1H3. The number of hydrogen-bond donors (Lipinski definition) is 1. The predicted octanol–water partition coefficient (Wildman–Crippen LogP) is 5.12. The van der Waals surface area contributed by atoms with Crippen LogP contribution in [0.3, 0.4) is 0 Å². The average molecular weight is 421 g/mol. The third kappa shape index (κ3) is 4.79. The van der Waals surface area contributed by atoms with Crippen molar-refractivity contribution in [2.45, 2.75) is 44.6 Å². The van der Waals surface area contributed by atoms with Crippen LogP contribution in [0.2, 0.25) is 0 Å². The van der Waals surface area contributed by atoms with Crippen LogP contribution in [0.25, 0.3) is 11.1 Å². The van der Waals surface area contributed by atoms with Crippen LogP contribution in [-0.2, 0) is 11.4 Å². The van der Waals surface area contributed by atoms with E-state index >= 15 is 0 Å². The average Bonchev–Trinajstić information content (AvgIpc) is 3.33. The molecule has 5 heteroatoms. The van der Waals surface area contributed by atoms with Gasteiger partial charge in [0.1, 0.15) is 0 Å². The Balaban J connectivity index is 0.000000313. The zero-order chi connectivity index (χ0) is 20.9. The number of aromatic nitrogens is 1. The van der Waals surface area contributed by atoms with Gasteiger partial charge in [-0.3, -0.25) is 9.78 Å². The molecule has 1 amide bonds. The lowest BCUT2D eigenvalue weighted by Crippen LogP contribution is -2.17. The number of thiazole rings is 1. The molecule has 5 rings (SSSR count). The fourth-order valence-corrected chi connectivity index (χ4v) is 4.77. The molecule has 2 heterocycles. The molecule has 1 atom stereocenters. The third-order valence-corrected chi connectivity index (χ3v) is 6.67. The summed E-state index contributed by atoms with van der Waals surface area (Å²) in [4.78, 5) is 16.7. The number of likely N-dealkylation sites (tertiary alicyclic amines) is 1. The van der Waals surface area contributed by atoms with E-state index in [1.165, 1.54) is 35.1 Å². The van der Waals surface area contributed by atoms with E-state index in [-0.39, 0.29) is 6.61 Å². The molecule has 1 aromatic heterocycles. The largest absolute Gasteiger partial charge is 0.392 e. The first-order valence-electron chi connectivity index (χ1n) is 10.6. The minimum atomic E-state index is 0.0480. The molecule has 1 N–H and O–H groups in total. The topological polar surface area (TPSA) is 53.4 Å². The second-order valence-electron chi connectivity index (χ2n) is 8.15. The van der Waals surface area contributed by atoms with Crippen LogP contribution in [0.5, 0.6) is 0 Å². The molecular formula is C25H28N2O2S. The summed E-state index contributed by atoms with van der Waals surface area (Å²) in [6.45, 7) is 3.60. The van der Waals surface area contributed by atoms with Crippen LogP contribution < -0.4 is 0 Å². The Morgan fingerprint density at radius 1 is 1.13 bits per heavy atom. The van der Waals surface area contributed by atoms with E-state index in [2.05, 4.69) is 47.4 Å². The van der Waals surface area contributed by atoms with Gasteiger partial charge in [-0.2, -0.15) is 0 Å². The minimum Gasteiger partial charge on any atom is -0.392 e. The highest BCUT2D eigenvalue weighted by molar-refractivity contribution is 7.07. The van der Waals surface area contributed by atoms with Gasteiger partial charge in [-0.05, 0) is 66.0 Å². The lowest BCUT2D eigenvalue weighted by molar-refractivity contribution is -0.117. The number of amides is 1. The maximum Gasteiger partial charge on any atom is 0.209 e. The number of benzene rings is 2. The van der Waals surface area contributed by atoms with E-state index in [0.717, 1.165) is 37.2 Å². The first-order chi connectivity index (χ1) is 14.7. The molecule has 0 radical (unpaired) electrons. The van der Waals surface area contributed by atoms with E-state index in [9.17, 15) is 9.90 Å². The van der Waals surface area contributed by atoms with Crippen LogP contribution in [-0.4, -0.2) is 34.5 Å². The van der Waals surface area contributed by atoms with Crippen LogP contribution in [0, 0.1) is 6.92 Å². The molecular weight excluding hydrogens is 392 g/mol. The highest BCUT2D eigenvalue weighted by Gasteiger charge is 2.27. The lowest BCUT2D eigenvalue weighted by Gasteiger charge is -2.17. The van der Waals surface area contributed by atoms with Gasteiger partial charge in [-0.15, -0.1) is 11.3 Å². The van der Waals surface area contributed by atoms with Gasteiger partial charge in [-0.1, -0.05) is 36.4 Å². The fraction of sp³-hybridized carbons (Fsp3) is 0.360. The highest BCUT2D eigenvalue weighted by Crippen LogP contribution is 2.44. The number of rotatable bonds is 5. The van der Waals surface area contributed by atoms with Crippen molar-refractivity contribution in [3.8, 4) is 11.1 Å². The van der Waals surface area contributed by atoms with Crippen molar-refractivity contribution in [3.63, 3.8) is 0 Å². The summed E-state index contributed by atoms with van der Waals surface area (Å²) in [5, 5.41) is 11.9. The second-order valence-corrected chi connectivity index (χ2v) is 8.87. The summed E-state index contributed by atoms with van der Waals surface area (Å²) in [6, 6.07) is 15.1. The maximum atomic E-state index is 11.0. The zero-order valence-corrected chi connectivity index (χ0v) is 18.1. The number of carbonyl (C=O) groups excluding carboxylic acids is 1. The van der Waals surface area contributed by atoms with Gasteiger partial charge < -0.3 is 10.0 Å². The molecule has 1 aliphatic heterocycles. The van der Waals surface area contributed by atoms with Crippen molar-refractivity contribution in [3.05, 3.63) is 75.7 Å². The van der Waals surface area contributed by atoms with Crippen LogP contribution >= 0.6 is 11.3 Å². The maximum absolute atomic E-state index is 11.0. The summed E-state index contributed by atoms with van der Waals surface area (Å²) in [7, 11) is 0. The van der Waals surface area contributed by atoms with Crippen molar-refractivity contribution in [2.75, 3.05) is 13.1 Å². The van der Waals surface area contributed by atoms with Crippen LogP contribution in [0.4, 0.5) is 0 Å². The number of hydrogen-bond acceptors (Lipinski definition) is 4. The summed E-state index contributed by atoms with van der Waals surface area (Å²) in [6.07, 6.45) is 4.47. The molecule has 1 unspecified atom stereocenters. The molecule has 30 heavy (non-hydrogen) atoms. The predicted molar refractivity (Wildman–Crippen MR) is 122 cm³/mol. The monoisotopic (exact) mass is 420 g/mol. The third-order valence-electron chi connectivity index (χ3n) is 5.97. The van der Waals surface area contributed by atoms with Gasteiger partial charge >= 0.3 is 0 Å². The minimum absolute atomic E-state index is 0.0480. The highest BCUT2D eigenvalue weighted by atomic mass is 32.1. The first kappa shape index (κ1) is 20.8. The molecule has 2 fully saturated rings. The Labute approximate surface area is 182 Å². The quantitative estimate of drug-likeness (QED) is 0.583. The van der Waals surface area contributed by atoms with Crippen molar-refractivity contribution in [1.29, 1.82) is 0 Å². The summed E-state index contributed by atoms with van der Waals surface area (Å²) in [5.74, 6) is 1.04. The Kier molecular flexibility index (Phi) is 6.60. The molecule has 1 aliphatic carbocycles. The van der Waals surface area contributed by atoms with Gasteiger partial charge in [0.05, 0.1) is 12.1 Å². The molecule has 0 spiro atoms. The summed E-state index contributed by atoms with van der Waals surface area (Å²) in [5.41, 5.74) is 9.04. The number of aryl methyl sites for hydroxylation is 1. The Morgan fingerprint density at radius 3 is 2.57 bits per heavy atom. The van der Waals surface area contributed by atoms with Gasteiger partial charge in [0, 0.05) is 30.1 Å². The normalized spacial score (nSPS) is 18.1. The summed E-state index contributed by atoms with van der Waals surface area (Å²) >= 11 is 1.63. The number of aliphatic hydroxyl groups excluding tert-OH is 1. The molecule has 0 bridgehead atoms. The van der Waals surface area contributed by atoms with E-state index < -0.39 is 0 Å². The van der Waals surface area contributed by atoms with Gasteiger partial charge in [-0.25, -0.2) is 0 Å². The van der Waals surface area contributed by atoms with E-state index in [1.807, 2.05) is 22.7 Å². The van der Waals surface area contributed by atoms with E-state index in [1.54, 1.807) is 11.3 Å². The second kappa shape index (κ2) is 9.54. The lowest BCUT2D eigenvalue weighted by atomic mass is 9.89. The molecule has 1 saturated heterocycles. The SMILES string of the molecule is Cc1cscn1.O=CN1CCC(c2ccc(-c3ccccc3C3CC3)cc2CO)C1. The van der Waals surface area contributed by atoms with Gasteiger partial charge in [0.15, 0.2) is 0 Å². The molecule has 4 nitrogen and oxygen atoms in total. The van der Waals surface area contributed by atoms with E-state index in [0.29, 0.717) is 11.8 Å². The first-order valence-corrected chi connectivity index (χ1v) is 11.5. The molecule has 1 saturated carbocycles. The van der Waals surface area contributed by atoms with Crippen molar-refractivity contribution >= 4 is 17.7 Å². The number of nitrogens with zero attached hydrogens (tertiary/aromatic N) is 2. The Bertz CT molecular complexity index is 983. The van der Waals surface area contributed by atoms with Crippen molar-refractivity contribution in [1.82, 2.24) is 9.88 Å². The molecule has 3 aromatic rings. The van der Waals surface area contributed by atoms with E-state index in [4.69, 9.17) is 0 Å². The number of carbonyl (C=O) groups is 1. The summed E-state index contributed by atoms with van der Waals surface area (Å²) < 4.78 is 0. The van der Waals surface area contributed by atoms with Crippen LogP contribution in [0.1, 0.15) is 53.5 Å². The fourth-order valence-electron chi connectivity index (χ4n) is 4.23. The molecule has 2 aliphatic rings. The van der Waals surface area contributed by atoms with Crippen LogP contribution in [0.15, 0.2) is 53.4 Å². The van der Waals surface area contributed by atoms with Crippen molar-refractivity contribution in [2.24, 2.45) is 0 Å². The van der Waals surface area contributed by atoms with Gasteiger partial charge in [0.2, 0.25) is 6.41 Å². The molecule has 156 valence electrons. The zero-order valence-electron chi connectivity index (χ0n) is 17.3. The smallest absolute Gasteiger partial charge is 0.209 e. The Hall–Kier alpha value is -2.50. The van der Waals surface area contributed by atoms with Gasteiger partial charge in [0.25, 0.3) is 0 Å². The Morgan fingerprint density at radius 2 is 1.97 bits per heavy atom. The number of aliphatic hydroxyl groups is 1. The molecule has 2 aromatic carbocycles.